The van der Waals surface area contributed by atoms with E-state index >= 15 is 0 Å². The Kier molecular flexibility index (Phi) is 2.11. The first-order valence-corrected chi connectivity index (χ1v) is 5.13. The Labute approximate surface area is 93.7 Å². The molecule has 0 spiro atoms. The highest BCUT2D eigenvalue weighted by Crippen LogP contribution is 2.33. The molecule has 0 fully saturated rings. The minimum absolute atomic E-state index is 0.754. The van der Waals surface area contributed by atoms with Crippen molar-refractivity contribution in [2.24, 2.45) is 0 Å². The van der Waals surface area contributed by atoms with Crippen molar-refractivity contribution in [3.8, 4) is 5.75 Å². The molecule has 0 N–H and O–H groups in total. The van der Waals surface area contributed by atoms with Gasteiger partial charge in [0.25, 0.3) is 0 Å². The molecule has 1 aliphatic heterocycles. The molecular weight excluding hydrogens is 200 g/mol. The van der Waals surface area contributed by atoms with E-state index in [9.17, 15) is 0 Å². The van der Waals surface area contributed by atoms with Crippen LogP contribution in [0.4, 0.5) is 0 Å². The topological polar surface area (TPSA) is 18.5 Å². The lowest BCUT2D eigenvalue weighted by molar-refractivity contribution is -0.151. The van der Waals surface area contributed by atoms with Gasteiger partial charge in [-0.2, -0.15) is 0 Å². The Morgan fingerprint density at radius 2 is 1.50 bits per heavy atom. The fourth-order valence-corrected chi connectivity index (χ4v) is 1.79. The second-order valence-corrected chi connectivity index (χ2v) is 3.57. The minimum Gasteiger partial charge on any atom is -0.297 e. The number of rotatable bonds is 1. The van der Waals surface area contributed by atoms with Gasteiger partial charge in [0.2, 0.25) is 0 Å². The van der Waals surface area contributed by atoms with Crippen LogP contribution in [0.5, 0.6) is 5.75 Å². The van der Waals surface area contributed by atoms with Crippen molar-refractivity contribution in [3.63, 3.8) is 0 Å². The lowest BCUT2D eigenvalue weighted by Crippen LogP contribution is -2.02. The van der Waals surface area contributed by atoms with Crippen LogP contribution >= 0.6 is 0 Å². The van der Waals surface area contributed by atoms with Gasteiger partial charge in [-0.25, -0.2) is 0 Å². The number of fused-ring (bicyclic) bond motifs is 1. The van der Waals surface area contributed by atoms with E-state index in [4.69, 9.17) is 9.78 Å². The SMILES string of the molecule is C1=C(c2ccccc2)c2ccccc2OO1. The van der Waals surface area contributed by atoms with Crippen LogP contribution in [0.15, 0.2) is 60.9 Å². The summed E-state index contributed by atoms with van der Waals surface area (Å²) in [6.07, 6.45) is 1.64. The minimum atomic E-state index is 0.754. The number of benzene rings is 2. The highest BCUT2D eigenvalue weighted by atomic mass is 17.2. The van der Waals surface area contributed by atoms with Crippen molar-refractivity contribution in [3.05, 3.63) is 72.0 Å². The van der Waals surface area contributed by atoms with Crippen LogP contribution in [0.25, 0.3) is 5.57 Å². The molecule has 0 aromatic heterocycles. The Morgan fingerprint density at radius 3 is 2.38 bits per heavy atom. The third-order valence-electron chi connectivity index (χ3n) is 2.57. The van der Waals surface area contributed by atoms with E-state index in [-0.39, 0.29) is 0 Å². The summed E-state index contributed by atoms with van der Waals surface area (Å²) in [7, 11) is 0. The van der Waals surface area contributed by atoms with Gasteiger partial charge in [0.05, 0.1) is 0 Å². The summed E-state index contributed by atoms with van der Waals surface area (Å²) < 4.78 is 0. The van der Waals surface area contributed by atoms with Crippen LogP contribution < -0.4 is 4.89 Å². The van der Waals surface area contributed by atoms with E-state index in [0.29, 0.717) is 0 Å². The van der Waals surface area contributed by atoms with Crippen molar-refractivity contribution in [1.82, 2.24) is 0 Å². The highest BCUT2D eigenvalue weighted by Gasteiger charge is 2.15. The molecule has 0 saturated carbocycles. The Balaban J connectivity index is 2.13. The molecule has 78 valence electrons. The zero-order chi connectivity index (χ0) is 10.8. The average Bonchev–Trinajstić information content (AvgIpc) is 2.39. The second-order valence-electron chi connectivity index (χ2n) is 3.57. The first-order valence-electron chi connectivity index (χ1n) is 5.13. The molecule has 0 unspecified atom stereocenters. The molecule has 1 aliphatic rings. The number of para-hydroxylation sites is 1. The van der Waals surface area contributed by atoms with E-state index in [2.05, 4.69) is 12.1 Å². The van der Waals surface area contributed by atoms with E-state index < -0.39 is 0 Å². The standard InChI is InChI=1S/C14H10O2/c1-2-6-11(7-3-1)13-10-15-16-14-9-5-4-8-12(13)14/h1-10H. The molecule has 16 heavy (non-hydrogen) atoms. The molecule has 2 nitrogen and oxygen atoms in total. The van der Waals surface area contributed by atoms with Crippen LogP contribution in [-0.4, -0.2) is 0 Å². The third-order valence-corrected chi connectivity index (χ3v) is 2.57. The maximum Gasteiger partial charge on any atom is 0.186 e. The molecule has 0 amide bonds. The van der Waals surface area contributed by atoms with Crippen molar-refractivity contribution in [2.75, 3.05) is 0 Å². The zero-order valence-electron chi connectivity index (χ0n) is 8.59. The molecule has 1 heterocycles. The smallest absolute Gasteiger partial charge is 0.186 e. The zero-order valence-corrected chi connectivity index (χ0v) is 8.59. The maximum absolute atomic E-state index is 5.10. The molecule has 0 atom stereocenters. The summed E-state index contributed by atoms with van der Waals surface area (Å²) in [4.78, 5) is 10.1. The first-order chi connectivity index (χ1) is 7.95. The first kappa shape index (κ1) is 9.04. The predicted molar refractivity (Wildman–Crippen MR) is 61.7 cm³/mol. The largest absolute Gasteiger partial charge is 0.297 e. The Morgan fingerprint density at radius 1 is 0.750 bits per heavy atom. The van der Waals surface area contributed by atoms with Crippen LogP contribution in [0, 0.1) is 0 Å². The molecule has 2 heteroatoms. The lowest BCUT2D eigenvalue weighted by Gasteiger charge is -2.16. The van der Waals surface area contributed by atoms with Gasteiger partial charge in [-0.05, 0) is 11.6 Å². The Bertz CT molecular complexity index is 529. The van der Waals surface area contributed by atoms with Crippen molar-refractivity contribution < 1.29 is 9.78 Å². The van der Waals surface area contributed by atoms with Gasteiger partial charge in [-0.15, -0.1) is 0 Å². The molecule has 0 aliphatic carbocycles. The van der Waals surface area contributed by atoms with Crippen LogP contribution in [0.1, 0.15) is 11.1 Å². The summed E-state index contributed by atoms with van der Waals surface area (Å²) in [5, 5.41) is 0. The Hall–Kier alpha value is -2.22. The maximum atomic E-state index is 5.10. The quantitative estimate of drug-likeness (QED) is 0.671. The third kappa shape index (κ3) is 1.44. The summed E-state index contributed by atoms with van der Waals surface area (Å²) >= 11 is 0. The number of hydrogen-bond acceptors (Lipinski definition) is 2. The second kappa shape index (κ2) is 3.74. The normalized spacial score (nSPS) is 13.1. The van der Waals surface area contributed by atoms with Crippen LogP contribution in [0.3, 0.4) is 0 Å². The van der Waals surface area contributed by atoms with Crippen LogP contribution in [0.2, 0.25) is 0 Å². The summed E-state index contributed by atoms with van der Waals surface area (Å²) in [6, 6.07) is 18.0. The number of hydrogen-bond donors (Lipinski definition) is 0. The van der Waals surface area contributed by atoms with Crippen LogP contribution in [-0.2, 0) is 4.89 Å². The molecular formula is C14H10O2. The summed E-state index contributed by atoms with van der Waals surface area (Å²) in [6.45, 7) is 0. The predicted octanol–water partition coefficient (Wildman–Crippen LogP) is 3.40. The van der Waals surface area contributed by atoms with Gasteiger partial charge in [0.1, 0.15) is 0 Å². The molecule has 0 radical (unpaired) electrons. The van der Waals surface area contributed by atoms with Gasteiger partial charge in [-0.3, -0.25) is 9.78 Å². The van der Waals surface area contributed by atoms with Gasteiger partial charge in [-0.1, -0.05) is 48.5 Å². The van der Waals surface area contributed by atoms with Gasteiger partial charge < -0.3 is 0 Å². The van der Waals surface area contributed by atoms with Crippen molar-refractivity contribution in [1.29, 1.82) is 0 Å². The molecule has 0 bridgehead atoms. The fraction of sp³-hybridized carbons (Fsp3) is 0. The highest BCUT2D eigenvalue weighted by molar-refractivity contribution is 5.82. The monoisotopic (exact) mass is 210 g/mol. The lowest BCUT2D eigenvalue weighted by atomic mass is 9.98. The van der Waals surface area contributed by atoms with Gasteiger partial charge >= 0.3 is 0 Å². The average molecular weight is 210 g/mol. The summed E-state index contributed by atoms with van der Waals surface area (Å²) in [5.41, 5.74) is 3.22. The van der Waals surface area contributed by atoms with E-state index in [0.717, 1.165) is 22.4 Å². The van der Waals surface area contributed by atoms with E-state index in [1.807, 2.05) is 42.5 Å². The van der Waals surface area contributed by atoms with E-state index in [1.165, 1.54) is 0 Å². The van der Waals surface area contributed by atoms with Gasteiger partial charge in [0, 0.05) is 11.1 Å². The molecule has 3 rings (SSSR count). The molecule has 2 aromatic carbocycles. The van der Waals surface area contributed by atoms with Crippen molar-refractivity contribution >= 4 is 5.57 Å². The fourth-order valence-electron chi connectivity index (χ4n) is 1.79. The van der Waals surface area contributed by atoms with E-state index in [1.54, 1.807) is 6.26 Å². The molecule has 2 aromatic rings. The van der Waals surface area contributed by atoms with Gasteiger partial charge in [0.15, 0.2) is 12.0 Å². The summed E-state index contributed by atoms with van der Waals surface area (Å²) in [5.74, 6) is 0.754. The molecule has 0 saturated heterocycles. The van der Waals surface area contributed by atoms with Crippen molar-refractivity contribution in [2.45, 2.75) is 0 Å².